The lowest BCUT2D eigenvalue weighted by molar-refractivity contribution is -0.157. The zero-order valence-corrected chi connectivity index (χ0v) is 9.28. The molecule has 0 N–H and O–H groups in total. The second-order valence-corrected chi connectivity index (χ2v) is 4.28. The maximum absolute atomic E-state index is 11.9. The van der Waals surface area contributed by atoms with E-state index in [4.69, 9.17) is 9.47 Å². The van der Waals surface area contributed by atoms with E-state index in [0.29, 0.717) is 6.42 Å². The summed E-state index contributed by atoms with van der Waals surface area (Å²) in [4.78, 5) is 14.1. The van der Waals surface area contributed by atoms with E-state index < -0.39 is 5.54 Å². The Morgan fingerprint density at radius 1 is 1.60 bits per heavy atom. The molecule has 0 aromatic rings. The van der Waals surface area contributed by atoms with Crippen LogP contribution >= 0.6 is 0 Å². The molecule has 2 atom stereocenters. The Bertz CT molecular complexity index is 302. The minimum Gasteiger partial charge on any atom is -0.468 e. The Morgan fingerprint density at radius 2 is 2.33 bits per heavy atom. The summed E-state index contributed by atoms with van der Waals surface area (Å²) in [5.74, 6) is -0.189. The van der Waals surface area contributed by atoms with Gasteiger partial charge in [0.05, 0.1) is 13.2 Å². The number of fused-ring (bicyclic) bond motifs is 1. The van der Waals surface area contributed by atoms with Crippen molar-refractivity contribution < 1.29 is 14.3 Å². The average Bonchev–Trinajstić information content (AvgIpc) is 2.71. The highest BCUT2D eigenvalue weighted by Gasteiger charge is 2.59. The molecule has 4 heteroatoms. The molecule has 2 heterocycles. The van der Waals surface area contributed by atoms with Crippen molar-refractivity contribution in [3.8, 4) is 0 Å². The summed E-state index contributed by atoms with van der Waals surface area (Å²) in [7, 11) is 3.08. The van der Waals surface area contributed by atoms with Gasteiger partial charge in [0.15, 0.2) is 0 Å². The fraction of sp³-hybridized carbons (Fsp3) is 0.727. The van der Waals surface area contributed by atoms with E-state index in [0.717, 1.165) is 25.1 Å². The van der Waals surface area contributed by atoms with Crippen molar-refractivity contribution in [2.24, 2.45) is 0 Å². The standard InChI is InChI=1S/C11H17NO3/c1-8-6-11(10(13)15-3)9(14-2)4-5-12(11)7-8/h9H,1,4-7H2,2-3H3/t9-,11+/m1/s1. The van der Waals surface area contributed by atoms with Gasteiger partial charge in [-0.1, -0.05) is 12.2 Å². The maximum atomic E-state index is 11.9. The Morgan fingerprint density at radius 3 is 2.93 bits per heavy atom. The van der Waals surface area contributed by atoms with Crippen LogP contribution in [0.3, 0.4) is 0 Å². The molecular formula is C11H17NO3. The number of rotatable bonds is 2. The molecule has 0 saturated carbocycles. The monoisotopic (exact) mass is 211 g/mol. The second-order valence-electron chi connectivity index (χ2n) is 4.28. The normalized spacial score (nSPS) is 35.6. The van der Waals surface area contributed by atoms with Crippen LogP contribution < -0.4 is 0 Å². The number of carbonyl (C=O) groups is 1. The smallest absolute Gasteiger partial charge is 0.329 e. The maximum Gasteiger partial charge on any atom is 0.329 e. The zero-order valence-electron chi connectivity index (χ0n) is 9.28. The predicted octanol–water partition coefficient (Wildman–Crippen LogP) is 0.579. The summed E-state index contributed by atoms with van der Waals surface area (Å²) in [6, 6.07) is 0. The first-order chi connectivity index (χ1) is 7.15. The summed E-state index contributed by atoms with van der Waals surface area (Å²) >= 11 is 0. The lowest BCUT2D eigenvalue weighted by Gasteiger charge is -2.32. The minimum atomic E-state index is -0.597. The van der Waals surface area contributed by atoms with Gasteiger partial charge >= 0.3 is 5.97 Å². The van der Waals surface area contributed by atoms with Gasteiger partial charge in [-0.3, -0.25) is 4.90 Å². The highest BCUT2D eigenvalue weighted by atomic mass is 16.5. The van der Waals surface area contributed by atoms with E-state index in [1.165, 1.54) is 7.11 Å². The summed E-state index contributed by atoms with van der Waals surface area (Å²) in [5, 5.41) is 0. The summed E-state index contributed by atoms with van der Waals surface area (Å²) in [6.45, 7) is 5.63. The number of nitrogens with zero attached hydrogens (tertiary/aromatic N) is 1. The molecular weight excluding hydrogens is 194 g/mol. The highest BCUT2D eigenvalue weighted by molar-refractivity contribution is 5.83. The molecule has 2 aliphatic rings. The van der Waals surface area contributed by atoms with E-state index in [1.807, 2.05) is 0 Å². The molecule has 2 aliphatic heterocycles. The Kier molecular flexibility index (Phi) is 2.56. The van der Waals surface area contributed by atoms with Crippen LogP contribution in [0.4, 0.5) is 0 Å². The Balaban J connectivity index is 2.35. The molecule has 0 aliphatic carbocycles. The quantitative estimate of drug-likeness (QED) is 0.494. The molecule has 0 radical (unpaired) electrons. The van der Waals surface area contributed by atoms with Gasteiger partial charge in [0.2, 0.25) is 0 Å². The number of esters is 1. The fourth-order valence-corrected chi connectivity index (χ4v) is 2.89. The average molecular weight is 211 g/mol. The molecule has 15 heavy (non-hydrogen) atoms. The lowest BCUT2D eigenvalue weighted by atomic mass is 9.90. The molecule has 0 unspecified atom stereocenters. The highest BCUT2D eigenvalue weighted by Crippen LogP contribution is 2.42. The molecule has 0 amide bonds. The molecule has 2 rings (SSSR count). The lowest BCUT2D eigenvalue weighted by Crippen LogP contribution is -2.53. The summed E-state index contributed by atoms with van der Waals surface area (Å²) < 4.78 is 10.3. The first-order valence-electron chi connectivity index (χ1n) is 5.18. The molecule has 0 aromatic carbocycles. The largest absolute Gasteiger partial charge is 0.468 e. The van der Waals surface area contributed by atoms with Gasteiger partial charge < -0.3 is 9.47 Å². The van der Waals surface area contributed by atoms with Gasteiger partial charge in [-0.25, -0.2) is 4.79 Å². The van der Waals surface area contributed by atoms with Crippen LogP contribution in [0, 0.1) is 0 Å². The van der Waals surface area contributed by atoms with Crippen molar-refractivity contribution in [1.29, 1.82) is 0 Å². The van der Waals surface area contributed by atoms with Crippen molar-refractivity contribution in [3.05, 3.63) is 12.2 Å². The van der Waals surface area contributed by atoms with Crippen LogP contribution in [-0.4, -0.2) is 49.8 Å². The zero-order chi connectivity index (χ0) is 11.1. The summed E-state index contributed by atoms with van der Waals surface area (Å²) in [5.41, 5.74) is 0.489. The molecule has 84 valence electrons. The molecule has 0 bridgehead atoms. The number of ether oxygens (including phenoxy) is 2. The van der Waals surface area contributed by atoms with E-state index >= 15 is 0 Å². The third kappa shape index (κ3) is 1.32. The van der Waals surface area contributed by atoms with Crippen molar-refractivity contribution >= 4 is 5.97 Å². The van der Waals surface area contributed by atoms with Gasteiger partial charge in [0.25, 0.3) is 0 Å². The first kappa shape index (κ1) is 10.6. The van der Waals surface area contributed by atoms with Gasteiger partial charge in [-0.2, -0.15) is 0 Å². The van der Waals surface area contributed by atoms with Crippen molar-refractivity contribution in [2.75, 3.05) is 27.3 Å². The molecule has 0 aromatic heterocycles. The third-order valence-corrected chi connectivity index (χ3v) is 3.52. The number of hydrogen-bond donors (Lipinski definition) is 0. The molecule has 2 saturated heterocycles. The molecule has 0 spiro atoms. The van der Waals surface area contributed by atoms with Crippen molar-refractivity contribution in [2.45, 2.75) is 24.5 Å². The van der Waals surface area contributed by atoms with E-state index in [9.17, 15) is 4.79 Å². The SMILES string of the molecule is C=C1CN2CC[C@@H](OC)[C@]2(C(=O)OC)C1. The Hall–Kier alpha value is -0.870. The predicted molar refractivity (Wildman–Crippen MR) is 55.5 cm³/mol. The Labute approximate surface area is 89.8 Å². The van der Waals surface area contributed by atoms with E-state index in [-0.39, 0.29) is 12.1 Å². The van der Waals surface area contributed by atoms with Gasteiger partial charge in [-0.15, -0.1) is 0 Å². The van der Waals surface area contributed by atoms with Gasteiger partial charge in [-0.05, 0) is 6.42 Å². The number of hydrogen-bond acceptors (Lipinski definition) is 4. The second kappa shape index (κ2) is 3.61. The van der Waals surface area contributed by atoms with Gasteiger partial charge in [0.1, 0.15) is 5.54 Å². The minimum absolute atomic E-state index is 0.0656. The van der Waals surface area contributed by atoms with E-state index in [2.05, 4.69) is 11.5 Å². The number of carbonyl (C=O) groups excluding carboxylic acids is 1. The first-order valence-corrected chi connectivity index (χ1v) is 5.18. The van der Waals surface area contributed by atoms with Crippen LogP contribution in [0.5, 0.6) is 0 Å². The number of methoxy groups -OCH3 is 2. The van der Waals surface area contributed by atoms with Crippen LogP contribution in [0.15, 0.2) is 12.2 Å². The van der Waals surface area contributed by atoms with Crippen LogP contribution in [0.1, 0.15) is 12.8 Å². The topological polar surface area (TPSA) is 38.8 Å². The summed E-state index contributed by atoms with van der Waals surface area (Å²) in [6.07, 6.45) is 1.49. The molecule has 2 fully saturated rings. The van der Waals surface area contributed by atoms with Crippen LogP contribution in [-0.2, 0) is 14.3 Å². The molecule has 4 nitrogen and oxygen atoms in total. The fourth-order valence-electron chi connectivity index (χ4n) is 2.89. The van der Waals surface area contributed by atoms with E-state index in [1.54, 1.807) is 7.11 Å². The van der Waals surface area contributed by atoms with Crippen molar-refractivity contribution in [3.63, 3.8) is 0 Å². The van der Waals surface area contributed by atoms with Gasteiger partial charge in [0, 0.05) is 26.6 Å². The van der Waals surface area contributed by atoms with Crippen LogP contribution in [0.2, 0.25) is 0 Å². The third-order valence-electron chi connectivity index (χ3n) is 3.52. The van der Waals surface area contributed by atoms with Crippen molar-refractivity contribution in [1.82, 2.24) is 4.90 Å². The van der Waals surface area contributed by atoms with Crippen LogP contribution in [0.25, 0.3) is 0 Å².